The van der Waals surface area contributed by atoms with Crippen LogP contribution in [0.3, 0.4) is 0 Å². The molecule has 0 spiro atoms. The number of nitrogens with one attached hydrogen (secondary N) is 2. The molecule has 1 aromatic heterocycles. The molecule has 4 aromatic rings. The predicted molar refractivity (Wildman–Crippen MR) is 127 cm³/mol. The number of ether oxygens (including phenoxy) is 1. The zero-order chi connectivity index (χ0) is 21.6. The van der Waals surface area contributed by atoms with Gasteiger partial charge in [0.15, 0.2) is 0 Å². The number of aromatic nitrogens is 1. The number of hydrogen-bond acceptors (Lipinski definition) is 5. The van der Waals surface area contributed by atoms with Gasteiger partial charge in [-0.3, -0.25) is 4.79 Å². The first-order chi connectivity index (χ1) is 15.1. The zero-order valence-corrected chi connectivity index (χ0v) is 18.1. The van der Waals surface area contributed by atoms with Crippen molar-refractivity contribution in [1.82, 2.24) is 4.98 Å². The average molecular weight is 430 g/mol. The van der Waals surface area contributed by atoms with E-state index in [1.54, 1.807) is 24.5 Å². The fourth-order valence-electron chi connectivity index (χ4n) is 3.29. The largest absolute Gasteiger partial charge is 0.497 e. The third kappa shape index (κ3) is 5.10. The third-order valence-corrected chi connectivity index (χ3v) is 5.59. The van der Waals surface area contributed by atoms with Gasteiger partial charge in [0.2, 0.25) is 0 Å². The number of hydrogen-bond donors (Lipinski definition) is 2. The molecule has 2 N–H and O–H groups in total. The fraction of sp³-hybridized carbons (Fsp3) is 0.120. The summed E-state index contributed by atoms with van der Waals surface area (Å²) in [7, 11) is 1.60. The van der Waals surface area contributed by atoms with Gasteiger partial charge in [-0.2, -0.15) is 0 Å². The van der Waals surface area contributed by atoms with Crippen molar-refractivity contribution in [3.8, 4) is 17.0 Å². The minimum Gasteiger partial charge on any atom is -0.497 e. The van der Waals surface area contributed by atoms with E-state index in [4.69, 9.17) is 4.74 Å². The predicted octanol–water partition coefficient (Wildman–Crippen LogP) is 5.92. The van der Waals surface area contributed by atoms with Crippen molar-refractivity contribution in [1.29, 1.82) is 0 Å². The van der Waals surface area contributed by atoms with Gasteiger partial charge >= 0.3 is 0 Å². The monoisotopic (exact) mass is 429 g/mol. The summed E-state index contributed by atoms with van der Waals surface area (Å²) in [6.07, 6.45) is 0. The van der Waals surface area contributed by atoms with E-state index < -0.39 is 6.04 Å². The Morgan fingerprint density at radius 2 is 1.74 bits per heavy atom. The minimum atomic E-state index is -0.570. The molecule has 3 aromatic carbocycles. The number of rotatable bonds is 7. The van der Waals surface area contributed by atoms with Crippen LogP contribution in [0.1, 0.15) is 16.6 Å². The van der Waals surface area contributed by atoms with Gasteiger partial charge in [-0.25, -0.2) is 4.98 Å². The van der Waals surface area contributed by atoms with E-state index in [0.717, 1.165) is 27.5 Å². The zero-order valence-electron chi connectivity index (χ0n) is 17.3. The van der Waals surface area contributed by atoms with Gasteiger partial charge in [-0.05, 0) is 36.8 Å². The van der Waals surface area contributed by atoms with Gasteiger partial charge in [0.05, 0.1) is 17.8 Å². The molecule has 1 heterocycles. The maximum Gasteiger partial charge on any atom is 0.251 e. The van der Waals surface area contributed by atoms with Gasteiger partial charge in [0.1, 0.15) is 11.8 Å². The summed E-state index contributed by atoms with van der Waals surface area (Å²) in [5.74, 6) is 0.530. The molecule has 0 aliphatic rings. The Morgan fingerprint density at radius 1 is 0.968 bits per heavy atom. The number of benzene rings is 3. The molecule has 156 valence electrons. The SMILES string of the molecule is COc1cccc(NC(=O)C(Nc2cccc(-c3csc(C)n3)c2)c2ccccc2)c1. The number of nitrogens with zero attached hydrogens (tertiary/aromatic N) is 1. The maximum atomic E-state index is 13.3. The van der Waals surface area contributed by atoms with Crippen LogP contribution in [0.2, 0.25) is 0 Å². The summed E-state index contributed by atoms with van der Waals surface area (Å²) in [6.45, 7) is 1.99. The molecule has 1 atom stereocenters. The van der Waals surface area contributed by atoms with E-state index in [0.29, 0.717) is 11.4 Å². The van der Waals surface area contributed by atoms with Crippen LogP contribution in [0, 0.1) is 6.92 Å². The van der Waals surface area contributed by atoms with E-state index in [1.165, 1.54) is 0 Å². The third-order valence-electron chi connectivity index (χ3n) is 4.82. The molecule has 5 nitrogen and oxygen atoms in total. The van der Waals surface area contributed by atoms with Crippen LogP contribution in [0.15, 0.2) is 84.2 Å². The molecule has 1 amide bonds. The maximum absolute atomic E-state index is 13.3. The Bertz CT molecular complexity index is 1170. The minimum absolute atomic E-state index is 0.158. The molecule has 31 heavy (non-hydrogen) atoms. The Kier molecular flexibility index (Phi) is 6.29. The molecular weight excluding hydrogens is 406 g/mol. The molecule has 0 bridgehead atoms. The lowest BCUT2D eigenvalue weighted by Crippen LogP contribution is -2.27. The van der Waals surface area contributed by atoms with Crippen LogP contribution in [-0.4, -0.2) is 18.0 Å². The number of amides is 1. The lowest BCUT2D eigenvalue weighted by Gasteiger charge is -2.20. The summed E-state index contributed by atoms with van der Waals surface area (Å²) < 4.78 is 5.26. The van der Waals surface area contributed by atoms with E-state index in [-0.39, 0.29) is 5.91 Å². The number of aryl methyl sites for hydroxylation is 1. The second-order valence-electron chi connectivity index (χ2n) is 7.04. The van der Waals surface area contributed by atoms with Gasteiger partial charge in [-0.1, -0.05) is 48.5 Å². The van der Waals surface area contributed by atoms with Gasteiger partial charge in [-0.15, -0.1) is 11.3 Å². The summed E-state index contributed by atoms with van der Waals surface area (Å²) in [4.78, 5) is 17.8. The molecule has 0 aliphatic heterocycles. The number of anilines is 2. The molecule has 0 saturated heterocycles. The van der Waals surface area contributed by atoms with Crippen LogP contribution in [0.4, 0.5) is 11.4 Å². The van der Waals surface area contributed by atoms with E-state index in [9.17, 15) is 4.79 Å². The number of carbonyl (C=O) groups is 1. The topological polar surface area (TPSA) is 63.2 Å². The molecular formula is C25H23N3O2S. The Balaban J connectivity index is 1.61. The van der Waals surface area contributed by atoms with Crippen molar-refractivity contribution in [2.24, 2.45) is 0 Å². The standard InChI is InChI=1S/C25H23N3O2S/c1-17-26-23(16-31-17)19-10-6-11-20(14-19)27-24(18-8-4-3-5-9-18)25(29)28-21-12-7-13-22(15-21)30-2/h3-16,24,27H,1-2H3,(H,28,29). The fourth-order valence-corrected chi connectivity index (χ4v) is 3.91. The Labute approximate surface area is 185 Å². The second-order valence-corrected chi connectivity index (χ2v) is 8.10. The summed E-state index contributed by atoms with van der Waals surface area (Å²) >= 11 is 1.62. The van der Waals surface area contributed by atoms with Crippen molar-refractivity contribution >= 4 is 28.6 Å². The van der Waals surface area contributed by atoms with E-state index in [2.05, 4.69) is 15.6 Å². The molecule has 0 aliphatic carbocycles. The van der Waals surface area contributed by atoms with Crippen molar-refractivity contribution in [2.45, 2.75) is 13.0 Å². The van der Waals surface area contributed by atoms with Crippen LogP contribution < -0.4 is 15.4 Å². The van der Waals surface area contributed by atoms with Gasteiger partial charge in [0.25, 0.3) is 5.91 Å². The quantitative estimate of drug-likeness (QED) is 0.383. The Hall–Kier alpha value is -3.64. The summed E-state index contributed by atoms with van der Waals surface area (Å²) in [6, 6.07) is 24.4. The van der Waals surface area contributed by atoms with Crippen molar-refractivity contribution in [3.05, 3.63) is 94.8 Å². The molecule has 0 radical (unpaired) electrons. The Morgan fingerprint density at radius 3 is 2.48 bits per heavy atom. The van der Waals surface area contributed by atoms with Crippen LogP contribution in [0.5, 0.6) is 5.75 Å². The molecule has 0 saturated carbocycles. The van der Waals surface area contributed by atoms with Gasteiger partial charge in [0, 0.05) is 28.4 Å². The second kappa shape index (κ2) is 9.45. The highest BCUT2D eigenvalue weighted by atomic mass is 32.1. The number of thiazole rings is 1. The first kappa shape index (κ1) is 20.6. The van der Waals surface area contributed by atoms with Crippen molar-refractivity contribution < 1.29 is 9.53 Å². The molecule has 6 heteroatoms. The average Bonchev–Trinajstić information content (AvgIpc) is 3.24. The van der Waals surface area contributed by atoms with E-state index in [1.807, 2.05) is 85.1 Å². The number of carbonyl (C=O) groups excluding carboxylic acids is 1. The highest BCUT2D eigenvalue weighted by molar-refractivity contribution is 7.09. The van der Waals surface area contributed by atoms with Crippen LogP contribution in [0.25, 0.3) is 11.3 Å². The summed E-state index contributed by atoms with van der Waals surface area (Å²) in [5, 5.41) is 9.45. The highest BCUT2D eigenvalue weighted by Crippen LogP contribution is 2.27. The van der Waals surface area contributed by atoms with Crippen LogP contribution in [-0.2, 0) is 4.79 Å². The smallest absolute Gasteiger partial charge is 0.251 e. The molecule has 1 unspecified atom stereocenters. The number of methoxy groups -OCH3 is 1. The van der Waals surface area contributed by atoms with Crippen LogP contribution >= 0.6 is 11.3 Å². The lowest BCUT2D eigenvalue weighted by atomic mass is 10.0. The van der Waals surface area contributed by atoms with Crippen molar-refractivity contribution in [2.75, 3.05) is 17.7 Å². The first-order valence-electron chi connectivity index (χ1n) is 9.91. The van der Waals surface area contributed by atoms with Gasteiger partial charge < -0.3 is 15.4 Å². The van der Waals surface area contributed by atoms with E-state index >= 15 is 0 Å². The highest BCUT2D eigenvalue weighted by Gasteiger charge is 2.21. The normalized spacial score (nSPS) is 11.5. The summed E-state index contributed by atoms with van der Waals surface area (Å²) in [5.41, 5.74) is 4.34. The first-order valence-corrected chi connectivity index (χ1v) is 10.8. The lowest BCUT2D eigenvalue weighted by molar-refractivity contribution is -0.117. The van der Waals surface area contributed by atoms with Crippen molar-refractivity contribution in [3.63, 3.8) is 0 Å². The molecule has 4 rings (SSSR count). The molecule has 0 fully saturated rings.